The molecule has 0 spiro atoms. The van der Waals surface area contributed by atoms with Gasteiger partial charge in [0.15, 0.2) is 5.96 Å². The first-order valence-electron chi connectivity index (χ1n) is 9.85. The fraction of sp³-hybridized carbons (Fsp3) is 0.333. The first-order chi connectivity index (χ1) is 14.6. The average Bonchev–Trinajstić information content (AvgIpc) is 2.79. The lowest BCUT2D eigenvalue weighted by atomic mass is 9.99. The molecule has 0 unspecified atom stereocenters. The Kier molecular flexibility index (Phi) is 5.59. The summed E-state index contributed by atoms with van der Waals surface area (Å²) in [4.78, 5) is 15.8. The Morgan fingerprint density at radius 1 is 1.33 bits per heavy atom. The van der Waals surface area contributed by atoms with Gasteiger partial charge in [0.2, 0.25) is 5.95 Å². The highest BCUT2D eigenvalue weighted by molar-refractivity contribution is 5.88. The van der Waals surface area contributed by atoms with Gasteiger partial charge in [0.05, 0.1) is 11.3 Å². The van der Waals surface area contributed by atoms with Crippen molar-refractivity contribution in [1.82, 2.24) is 20.6 Å². The Bertz CT molecular complexity index is 1050. The molecule has 154 valence electrons. The number of aliphatic imine (C=N–C) groups is 1. The summed E-state index contributed by atoms with van der Waals surface area (Å²) in [5.74, 6) is 0.692. The molecule has 2 aliphatic rings. The number of guanidine groups is 1. The molecule has 3 heterocycles. The quantitative estimate of drug-likeness (QED) is 0.709. The van der Waals surface area contributed by atoms with Crippen LogP contribution < -0.4 is 21.3 Å². The molecule has 1 aromatic heterocycles. The maximum Gasteiger partial charge on any atom is 0.225 e. The molecule has 4 N–H and O–H groups in total. The van der Waals surface area contributed by atoms with Gasteiger partial charge in [-0.15, -0.1) is 0 Å². The summed E-state index contributed by atoms with van der Waals surface area (Å²) in [7, 11) is 1.79. The molecule has 0 saturated carbocycles. The fourth-order valence-corrected chi connectivity index (χ4v) is 3.56. The van der Waals surface area contributed by atoms with Gasteiger partial charge in [-0.3, -0.25) is 0 Å². The number of nitrogens with zero attached hydrogens (tertiary/aromatic N) is 5. The number of rotatable bonds is 3. The summed E-state index contributed by atoms with van der Waals surface area (Å²) >= 11 is 0. The van der Waals surface area contributed by atoms with Crippen molar-refractivity contribution >= 4 is 17.5 Å². The van der Waals surface area contributed by atoms with Gasteiger partial charge in [-0.1, -0.05) is 6.07 Å². The second-order valence-electron chi connectivity index (χ2n) is 7.30. The van der Waals surface area contributed by atoms with E-state index >= 15 is 0 Å². The zero-order chi connectivity index (χ0) is 21.1. The third-order valence-corrected chi connectivity index (χ3v) is 5.34. The molecule has 0 atom stereocenters. The van der Waals surface area contributed by atoms with Gasteiger partial charge >= 0.3 is 0 Å². The number of nitriles is 1. The van der Waals surface area contributed by atoms with E-state index in [4.69, 9.17) is 16.0 Å². The standard InChI is InChI=1S/C21H23FN8/c1-25-20-26-10-15(11-27-20)17-12-28-21(30-6-4-16(24)5-7-30)29-19(17)13-2-3-14(9-23)18(22)8-13/h2-3,8,10,12,16H,4-7,11,24H2,1H3,(H2,25,26,27). The summed E-state index contributed by atoms with van der Waals surface area (Å²) in [6, 6.07) is 6.59. The minimum Gasteiger partial charge on any atom is -0.359 e. The number of nitrogens with one attached hydrogen (secondary N) is 2. The first-order valence-corrected chi connectivity index (χ1v) is 9.85. The van der Waals surface area contributed by atoms with E-state index in [1.165, 1.54) is 12.1 Å². The molecular weight excluding hydrogens is 383 g/mol. The van der Waals surface area contributed by atoms with E-state index in [0.717, 1.165) is 37.1 Å². The zero-order valence-corrected chi connectivity index (χ0v) is 16.7. The van der Waals surface area contributed by atoms with Crippen molar-refractivity contribution in [2.24, 2.45) is 10.7 Å². The lowest BCUT2D eigenvalue weighted by Gasteiger charge is -2.30. The van der Waals surface area contributed by atoms with Crippen LogP contribution in [0.4, 0.5) is 10.3 Å². The smallest absolute Gasteiger partial charge is 0.225 e. The summed E-state index contributed by atoms with van der Waals surface area (Å²) in [5.41, 5.74) is 8.87. The second kappa shape index (κ2) is 8.47. The number of halogens is 1. The molecule has 0 aliphatic carbocycles. The van der Waals surface area contributed by atoms with E-state index in [2.05, 4.69) is 25.5 Å². The van der Waals surface area contributed by atoms with Crippen LogP contribution in [-0.2, 0) is 0 Å². The zero-order valence-electron chi connectivity index (χ0n) is 16.7. The van der Waals surface area contributed by atoms with E-state index in [1.54, 1.807) is 25.5 Å². The highest BCUT2D eigenvalue weighted by Crippen LogP contribution is 2.30. The van der Waals surface area contributed by atoms with Gasteiger partial charge in [0.1, 0.15) is 11.9 Å². The van der Waals surface area contributed by atoms with E-state index in [1.807, 2.05) is 6.07 Å². The van der Waals surface area contributed by atoms with Crippen LogP contribution >= 0.6 is 0 Å². The molecule has 0 radical (unpaired) electrons. The van der Waals surface area contributed by atoms with Crippen molar-refractivity contribution in [3.8, 4) is 17.3 Å². The Hall–Kier alpha value is -3.51. The summed E-state index contributed by atoms with van der Waals surface area (Å²) in [6.45, 7) is 2.09. The molecule has 2 aromatic rings. The highest BCUT2D eigenvalue weighted by Gasteiger charge is 2.22. The van der Waals surface area contributed by atoms with E-state index in [9.17, 15) is 4.39 Å². The van der Waals surface area contributed by atoms with Crippen LogP contribution in [0.25, 0.3) is 16.8 Å². The summed E-state index contributed by atoms with van der Waals surface area (Å²) in [5, 5.41) is 15.2. The molecule has 2 aliphatic heterocycles. The molecule has 30 heavy (non-hydrogen) atoms. The van der Waals surface area contributed by atoms with Gasteiger partial charge in [-0.2, -0.15) is 5.26 Å². The number of hydrogen-bond acceptors (Lipinski definition) is 8. The van der Waals surface area contributed by atoms with Crippen LogP contribution in [0.15, 0.2) is 35.6 Å². The molecule has 1 aromatic carbocycles. The predicted octanol–water partition coefficient (Wildman–Crippen LogP) is 1.60. The van der Waals surface area contributed by atoms with Gasteiger partial charge in [-0.05, 0) is 25.0 Å². The van der Waals surface area contributed by atoms with E-state index in [0.29, 0.717) is 29.7 Å². The van der Waals surface area contributed by atoms with Crippen molar-refractivity contribution in [1.29, 1.82) is 5.26 Å². The molecule has 8 nitrogen and oxygen atoms in total. The van der Waals surface area contributed by atoms with Gasteiger partial charge < -0.3 is 21.3 Å². The van der Waals surface area contributed by atoms with Crippen LogP contribution in [0.2, 0.25) is 0 Å². The van der Waals surface area contributed by atoms with Crippen molar-refractivity contribution in [3.63, 3.8) is 0 Å². The van der Waals surface area contributed by atoms with Crippen molar-refractivity contribution < 1.29 is 4.39 Å². The summed E-state index contributed by atoms with van der Waals surface area (Å²) < 4.78 is 14.4. The Morgan fingerprint density at radius 3 is 2.77 bits per heavy atom. The van der Waals surface area contributed by atoms with Crippen molar-refractivity contribution in [2.45, 2.75) is 18.9 Å². The number of piperidine rings is 1. The molecular formula is C21H23FN8. The Balaban J connectivity index is 1.78. The van der Waals surface area contributed by atoms with Crippen LogP contribution in [0, 0.1) is 17.1 Å². The van der Waals surface area contributed by atoms with E-state index in [-0.39, 0.29) is 11.6 Å². The van der Waals surface area contributed by atoms with Crippen LogP contribution in [0.1, 0.15) is 24.0 Å². The van der Waals surface area contributed by atoms with Crippen molar-refractivity contribution in [2.75, 3.05) is 31.6 Å². The van der Waals surface area contributed by atoms with Crippen LogP contribution in [0.5, 0.6) is 0 Å². The third-order valence-electron chi connectivity index (χ3n) is 5.34. The predicted molar refractivity (Wildman–Crippen MR) is 114 cm³/mol. The highest BCUT2D eigenvalue weighted by atomic mass is 19.1. The minimum atomic E-state index is -0.573. The first kappa shape index (κ1) is 19.8. The van der Waals surface area contributed by atoms with Gasteiger partial charge in [0, 0.05) is 61.8 Å². The Morgan fingerprint density at radius 2 is 2.13 bits per heavy atom. The third kappa shape index (κ3) is 3.95. The number of benzene rings is 1. The summed E-state index contributed by atoms with van der Waals surface area (Å²) in [6.07, 6.45) is 5.27. The lowest BCUT2D eigenvalue weighted by Crippen LogP contribution is -2.40. The number of anilines is 1. The maximum atomic E-state index is 14.4. The number of aromatic nitrogens is 2. The fourth-order valence-electron chi connectivity index (χ4n) is 3.56. The van der Waals surface area contributed by atoms with E-state index < -0.39 is 5.82 Å². The molecule has 0 amide bonds. The molecule has 1 fully saturated rings. The lowest BCUT2D eigenvalue weighted by molar-refractivity contribution is 0.495. The van der Waals surface area contributed by atoms with Crippen molar-refractivity contribution in [3.05, 3.63) is 47.5 Å². The van der Waals surface area contributed by atoms with Crippen LogP contribution in [0.3, 0.4) is 0 Å². The Labute approximate surface area is 174 Å². The minimum absolute atomic E-state index is 0.00130. The second-order valence-corrected chi connectivity index (χ2v) is 7.30. The topological polar surface area (TPSA) is 115 Å². The monoisotopic (exact) mass is 406 g/mol. The maximum absolute atomic E-state index is 14.4. The normalized spacial score (nSPS) is 16.9. The molecule has 9 heteroatoms. The molecule has 1 saturated heterocycles. The number of hydrogen-bond donors (Lipinski definition) is 3. The van der Waals surface area contributed by atoms with Gasteiger partial charge in [0.25, 0.3) is 0 Å². The van der Waals surface area contributed by atoms with Gasteiger partial charge in [-0.25, -0.2) is 19.4 Å². The molecule has 0 bridgehead atoms. The van der Waals surface area contributed by atoms with Crippen LogP contribution in [-0.4, -0.2) is 48.7 Å². The average molecular weight is 406 g/mol. The number of nitrogens with two attached hydrogens (primary N) is 1. The SMILES string of the molecule is CNC1=NC=C(c2cnc(N3CCC(N)CC3)nc2-c2ccc(C#N)c(F)c2)CN1. The molecule has 4 rings (SSSR count). The largest absolute Gasteiger partial charge is 0.359 e.